The van der Waals surface area contributed by atoms with E-state index in [1.807, 2.05) is 6.92 Å². The summed E-state index contributed by atoms with van der Waals surface area (Å²) in [6.07, 6.45) is 2.01. The summed E-state index contributed by atoms with van der Waals surface area (Å²) in [6.45, 7) is 3.62. The van der Waals surface area contributed by atoms with Gasteiger partial charge in [0.15, 0.2) is 0 Å². The van der Waals surface area contributed by atoms with E-state index < -0.39 is 6.10 Å². The molecule has 0 aromatic rings. The maximum absolute atomic E-state index is 8.69. The molecule has 0 saturated heterocycles. The number of rotatable bonds is 2. The fourth-order valence-corrected chi connectivity index (χ4v) is 0.562. The lowest BCUT2D eigenvalue weighted by Gasteiger charge is -1.94. The summed E-state index contributed by atoms with van der Waals surface area (Å²) in [7, 11) is 0. The zero-order valence-corrected chi connectivity index (χ0v) is 5.94. The minimum Gasteiger partial charge on any atom is -0.389 e. The molecule has 2 heteroatoms. The Hall–Kier alpha value is -0.0100. The lowest BCUT2D eigenvalue weighted by Crippen LogP contribution is -1.92. The second-order valence-electron chi connectivity index (χ2n) is 1.71. The van der Waals surface area contributed by atoms with Crippen molar-refractivity contribution >= 4 is 11.6 Å². The average molecular weight is 135 g/mol. The maximum atomic E-state index is 8.69. The smallest absolute Gasteiger partial charge is 0.0706 e. The lowest BCUT2D eigenvalue weighted by molar-refractivity contribution is 0.243. The Morgan fingerprint density at radius 1 is 1.88 bits per heavy atom. The highest BCUT2D eigenvalue weighted by atomic mass is 35.5. The molecule has 0 aliphatic carbocycles. The summed E-state index contributed by atoms with van der Waals surface area (Å²) < 4.78 is 0. The molecule has 1 unspecified atom stereocenters. The number of aliphatic hydroxyl groups excluding tert-OH is 1. The highest BCUT2D eigenvalue weighted by molar-refractivity contribution is 6.29. The van der Waals surface area contributed by atoms with Gasteiger partial charge in [0, 0.05) is 5.03 Å². The molecule has 0 bridgehead atoms. The van der Waals surface area contributed by atoms with Gasteiger partial charge in [-0.05, 0) is 19.4 Å². The van der Waals surface area contributed by atoms with E-state index >= 15 is 0 Å². The Morgan fingerprint density at radius 3 is 2.50 bits per heavy atom. The summed E-state index contributed by atoms with van der Waals surface area (Å²) in [4.78, 5) is 0. The molecule has 0 amide bonds. The topological polar surface area (TPSA) is 20.2 Å². The second-order valence-corrected chi connectivity index (χ2v) is 2.19. The van der Waals surface area contributed by atoms with Crippen LogP contribution in [0.25, 0.3) is 0 Å². The predicted octanol–water partition coefficient (Wildman–Crippen LogP) is 1.90. The van der Waals surface area contributed by atoms with Crippen LogP contribution in [0.3, 0.4) is 0 Å². The van der Waals surface area contributed by atoms with Gasteiger partial charge in [0.05, 0.1) is 6.10 Å². The zero-order valence-electron chi connectivity index (χ0n) is 5.19. The molecule has 0 radical (unpaired) electrons. The first kappa shape index (κ1) is 7.99. The van der Waals surface area contributed by atoms with Gasteiger partial charge in [-0.1, -0.05) is 18.5 Å². The van der Waals surface area contributed by atoms with Crippen molar-refractivity contribution in [2.75, 3.05) is 0 Å². The predicted molar refractivity (Wildman–Crippen MR) is 35.9 cm³/mol. The SMILES string of the molecule is CC/C(Cl)=C\C(C)O. The van der Waals surface area contributed by atoms with Crippen LogP contribution in [0.4, 0.5) is 0 Å². The van der Waals surface area contributed by atoms with Crippen LogP contribution in [0.2, 0.25) is 0 Å². The Bertz CT molecular complexity index is 86.5. The van der Waals surface area contributed by atoms with E-state index in [2.05, 4.69) is 0 Å². The van der Waals surface area contributed by atoms with E-state index in [4.69, 9.17) is 16.7 Å². The van der Waals surface area contributed by atoms with Gasteiger partial charge in [-0.2, -0.15) is 0 Å². The number of aliphatic hydroxyl groups is 1. The second kappa shape index (κ2) is 3.93. The van der Waals surface area contributed by atoms with Gasteiger partial charge in [0.25, 0.3) is 0 Å². The third-order valence-corrected chi connectivity index (χ3v) is 1.15. The molecule has 0 fully saturated rings. The molecule has 0 aliphatic heterocycles. The first-order valence-electron chi connectivity index (χ1n) is 2.71. The molecule has 0 rings (SSSR count). The first-order valence-corrected chi connectivity index (χ1v) is 3.09. The molecule has 1 atom stereocenters. The van der Waals surface area contributed by atoms with Crippen LogP contribution in [0.15, 0.2) is 11.1 Å². The maximum Gasteiger partial charge on any atom is 0.0706 e. The van der Waals surface area contributed by atoms with Crippen molar-refractivity contribution in [2.45, 2.75) is 26.4 Å². The van der Waals surface area contributed by atoms with E-state index in [0.29, 0.717) is 0 Å². The minimum atomic E-state index is -0.414. The fraction of sp³-hybridized carbons (Fsp3) is 0.667. The van der Waals surface area contributed by atoms with Gasteiger partial charge < -0.3 is 5.11 Å². The third-order valence-electron chi connectivity index (χ3n) is 0.760. The first-order chi connectivity index (χ1) is 3.66. The standard InChI is InChI=1S/C6H11ClO/c1-3-6(7)4-5(2)8/h4-5,8H,3H2,1-2H3/b6-4+. The monoisotopic (exact) mass is 134 g/mol. The summed E-state index contributed by atoms with van der Waals surface area (Å²) in [5.41, 5.74) is 0. The van der Waals surface area contributed by atoms with Crippen LogP contribution in [0, 0.1) is 0 Å². The number of hydrogen-bond acceptors (Lipinski definition) is 1. The van der Waals surface area contributed by atoms with Crippen LogP contribution in [0.1, 0.15) is 20.3 Å². The lowest BCUT2D eigenvalue weighted by atomic mass is 10.3. The number of halogens is 1. The van der Waals surface area contributed by atoms with Crippen molar-refractivity contribution in [1.29, 1.82) is 0 Å². The molecular formula is C6H11ClO. The Balaban J connectivity index is 3.56. The summed E-state index contributed by atoms with van der Waals surface area (Å²) in [5, 5.41) is 9.42. The Kier molecular flexibility index (Phi) is 3.92. The molecule has 8 heavy (non-hydrogen) atoms. The molecule has 0 aromatic heterocycles. The largest absolute Gasteiger partial charge is 0.389 e. The minimum absolute atomic E-state index is 0.414. The molecule has 48 valence electrons. The van der Waals surface area contributed by atoms with Gasteiger partial charge in [0.1, 0.15) is 0 Å². The number of allylic oxidation sites excluding steroid dienone is 1. The molecule has 1 N–H and O–H groups in total. The fourth-order valence-electron chi connectivity index (χ4n) is 0.380. The van der Waals surface area contributed by atoms with Crippen LogP contribution in [0.5, 0.6) is 0 Å². The molecule has 0 saturated carbocycles. The number of hydrogen-bond donors (Lipinski definition) is 1. The normalized spacial score (nSPS) is 16.2. The Morgan fingerprint density at radius 2 is 2.38 bits per heavy atom. The van der Waals surface area contributed by atoms with E-state index in [1.54, 1.807) is 13.0 Å². The van der Waals surface area contributed by atoms with Crippen molar-refractivity contribution in [3.63, 3.8) is 0 Å². The van der Waals surface area contributed by atoms with Gasteiger partial charge in [-0.3, -0.25) is 0 Å². The molecule has 0 heterocycles. The quantitative estimate of drug-likeness (QED) is 0.612. The van der Waals surface area contributed by atoms with Crippen LogP contribution in [-0.4, -0.2) is 11.2 Å². The molecule has 1 nitrogen and oxygen atoms in total. The zero-order chi connectivity index (χ0) is 6.57. The van der Waals surface area contributed by atoms with Gasteiger partial charge in [-0.15, -0.1) is 0 Å². The molecule has 0 spiro atoms. The van der Waals surface area contributed by atoms with Gasteiger partial charge in [-0.25, -0.2) is 0 Å². The molecule has 0 aromatic carbocycles. The summed E-state index contributed by atoms with van der Waals surface area (Å²) >= 11 is 5.56. The van der Waals surface area contributed by atoms with E-state index in [9.17, 15) is 0 Å². The summed E-state index contributed by atoms with van der Waals surface area (Å²) in [5.74, 6) is 0. The van der Waals surface area contributed by atoms with Crippen molar-refractivity contribution in [3.8, 4) is 0 Å². The molecule has 0 aliphatic rings. The van der Waals surface area contributed by atoms with Gasteiger partial charge in [0.2, 0.25) is 0 Å². The van der Waals surface area contributed by atoms with Crippen LogP contribution >= 0.6 is 11.6 Å². The third kappa shape index (κ3) is 4.16. The van der Waals surface area contributed by atoms with Crippen LogP contribution in [-0.2, 0) is 0 Å². The molecular weight excluding hydrogens is 124 g/mol. The average Bonchev–Trinajstić information content (AvgIpc) is 1.65. The van der Waals surface area contributed by atoms with E-state index in [0.717, 1.165) is 11.5 Å². The van der Waals surface area contributed by atoms with Crippen molar-refractivity contribution in [1.82, 2.24) is 0 Å². The van der Waals surface area contributed by atoms with E-state index in [-0.39, 0.29) is 0 Å². The highest BCUT2D eigenvalue weighted by Gasteiger charge is 1.89. The van der Waals surface area contributed by atoms with Gasteiger partial charge >= 0.3 is 0 Å². The Labute approximate surface area is 55.0 Å². The highest BCUT2D eigenvalue weighted by Crippen LogP contribution is 2.06. The summed E-state index contributed by atoms with van der Waals surface area (Å²) in [6, 6.07) is 0. The van der Waals surface area contributed by atoms with Crippen molar-refractivity contribution in [3.05, 3.63) is 11.1 Å². The van der Waals surface area contributed by atoms with E-state index in [1.165, 1.54) is 0 Å². The van der Waals surface area contributed by atoms with Crippen molar-refractivity contribution < 1.29 is 5.11 Å². The van der Waals surface area contributed by atoms with Crippen molar-refractivity contribution in [2.24, 2.45) is 0 Å². The van der Waals surface area contributed by atoms with Crippen LogP contribution < -0.4 is 0 Å².